The summed E-state index contributed by atoms with van der Waals surface area (Å²) in [6.45, 7) is 4.45. The van der Waals surface area contributed by atoms with E-state index in [1.54, 1.807) is 32.4 Å². The van der Waals surface area contributed by atoms with Gasteiger partial charge in [-0.2, -0.15) is 0 Å². The first-order valence-corrected chi connectivity index (χ1v) is 6.80. The van der Waals surface area contributed by atoms with E-state index in [4.69, 9.17) is 15.2 Å². The summed E-state index contributed by atoms with van der Waals surface area (Å²) < 4.78 is 10.4. The van der Waals surface area contributed by atoms with Gasteiger partial charge in [0.1, 0.15) is 0 Å². The quantitative estimate of drug-likeness (QED) is 0.800. The summed E-state index contributed by atoms with van der Waals surface area (Å²) in [5.74, 6) is 0.978. The lowest BCUT2D eigenvalue weighted by Gasteiger charge is -2.31. The number of carbonyl (C=O) groups is 1. The molecule has 0 aromatic heterocycles. The second-order valence-electron chi connectivity index (χ2n) is 4.72. The van der Waals surface area contributed by atoms with Crippen molar-refractivity contribution in [2.24, 2.45) is 5.73 Å². The van der Waals surface area contributed by atoms with Crippen LogP contribution < -0.4 is 20.5 Å². The van der Waals surface area contributed by atoms with Crippen molar-refractivity contribution in [2.45, 2.75) is 32.2 Å². The number of ether oxygens (including phenoxy) is 2. The summed E-state index contributed by atoms with van der Waals surface area (Å²) in [6.07, 6.45) is 1.58. The molecule has 0 saturated heterocycles. The first-order valence-electron chi connectivity index (χ1n) is 6.80. The van der Waals surface area contributed by atoms with Crippen LogP contribution in [0.5, 0.6) is 11.5 Å². The maximum absolute atomic E-state index is 12.3. The lowest BCUT2D eigenvalue weighted by molar-refractivity contribution is 0.0895. The Kier molecular flexibility index (Phi) is 5.82. The topological polar surface area (TPSA) is 73.6 Å². The van der Waals surface area contributed by atoms with E-state index < -0.39 is 0 Å². The van der Waals surface area contributed by atoms with Gasteiger partial charge in [-0.1, -0.05) is 13.8 Å². The highest BCUT2D eigenvalue weighted by Crippen LogP contribution is 2.27. The van der Waals surface area contributed by atoms with Crippen molar-refractivity contribution < 1.29 is 14.3 Å². The number of amides is 1. The van der Waals surface area contributed by atoms with Gasteiger partial charge in [0.2, 0.25) is 0 Å². The number of rotatable bonds is 7. The van der Waals surface area contributed by atoms with Gasteiger partial charge < -0.3 is 20.5 Å². The molecule has 3 N–H and O–H groups in total. The fraction of sp³-hybridized carbons (Fsp3) is 0.533. The maximum atomic E-state index is 12.3. The number of benzene rings is 1. The van der Waals surface area contributed by atoms with Gasteiger partial charge in [0.15, 0.2) is 11.5 Å². The fourth-order valence-electron chi connectivity index (χ4n) is 2.06. The molecule has 0 aliphatic carbocycles. The molecule has 5 nitrogen and oxygen atoms in total. The molecule has 1 rings (SSSR count). The summed E-state index contributed by atoms with van der Waals surface area (Å²) in [5, 5.41) is 3.02. The van der Waals surface area contributed by atoms with E-state index in [0.29, 0.717) is 23.6 Å². The highest BCUT2D eigenvalue weighted by atomic mass is 16.5. The van der Waals surface area contributed by atoms with E-state index in [2.05, 4.69) is 5.32 Å². The Hall–Kier alpha value is -1.75. The maximum Gasteiger partial charge on any atom is 0.251 e. The molecular weight excluding hydrogens is 256 g/mol. The third-order valence-corrected chi connectivity index (χ3v) is 3.77. The Labute approximate surface area is 120 Å². The van der Waals surface area contributed by atoms with Crippen LogP contribution in [0.1, 0.15) is 37.0 Å². The average Bonchev–Trinajstić information content (AvgIpc) is 2.51. The van der Waals surface area contributed by atoms with Crippen LogP contribution in [0.2, 0.25) is 0 Å². The zero-order valence-electron chi connectivity index (χ0n) is 12.7. The molecule has 0 radical (unpaired) electrons. The molecule has 0 spiro atoms. The van der Waals surface area contributed by atoms with Crippen LogP contribution in [0, 0.1) is 0 Å². The molecule has 1 aromatic carbocycles. The smallest absolute Gasteiger partial charge is 0.251 e. The highest BCUT2D eigenvalue weighted by molar-refractivity contribution is 5.95. The van der Waals surface area contributed by atoms with E-state index in [-0.39, 0.29) is 11.4 Å². The molecule has 1 amide bonds. The van der Waals surface area contributed by atoms with Gasteiger partial charge in [0.25, 0.3) is 5.91 Å². The van der Waals surface area contributed by atoms with Gasteiger partial charge in [-0.15, -0.1) is 0 Å². The van der Waals surface area contributed by atoms with Crippen LogP contribution >= 0.6 is 0 Å². The minimum Gasteiger partial charge on any atom is -0.493 e. The number of hydrogen-bond acceptors (Lipinski definition) is 4. The van der Waals surface area contributed by atoms with Crippen LogP contribution in [0.3, 0.4) is 0 Å². The van der Waals surface area contributed by atoms with Gasteiger partial charge in [0.05, 0.1) is 19.8 Å². The second kappa shape index (κ2) is 7.14. The Morgan fingerprint density at radius 1 is 1.20 bits per heavy atom. The third-order valence-electron chi connectivity index (χ3n) is 3.77. The molecule has 0 heterocycles. The lowest BCUT2D eigenvalue weighted by Crippen LogP contribution is -2.52. The summed E-state index contributed by atoms with van der Waals surface area (Å²) in [7, 11) is 3.10. The SMILES string of the molecule is CCC(CC)(CN)NC(=O)c1ccc(OC)c(OC)c1. The summed E-state index contributed by atoms with van der Waals surface area (Å²) in [6, 6.07) is 5.10. The number of carbonyl (C=O) groups excluding carboxylic acids is 1. The third kappa shape index (κ3) is 3.42. The molecule has 5 heteroatoms. The molecule has 112 valence electrons. The Balaban J connectivity index is 2.98. The molecule has 0 aliphatic heterocycles. The van der Waals surface area contributed by atoms with Crippen LogP contribution in [0.4, 0.5) is 0 Å². The number of hydrogen-bond donors (Lipinski definition) is 2. The van der Waals surface area contributed by atoms with Crippen LogP contribution in [0.25, 0.3) is 0 Å². The Morgan fingerprint density at radius 2 is 1.80 bits per heavy atom. The molecule has 20 heavy (non-hydrogen) atoms. The van der Waals surface area contributed by atoms with E-state index >= 15 is 0 Å². The van der Waals surface area contributed by atoms with E-state index in [9.17, 15) is 4.79 Å². The van der Waals surface area contributed by atoms with Crippen molar-refractivity contribution in [1.82, 2.24) is 5.32 Å². The molecule has 0 unspecified atom stereocenters. The summed E-state index contributed by atoms with van der Waals surface area (Å²) in [5.41, 5.74) is 5.97. The molecule has 1 aromatic rings. The van der Waals surface area contributed by atoms with Crippen molar-refractivity contribution >= 4 is 5.91 Å². The normalized spacial score (nSPS) is 11.1. The zero-order valence-corrected chi connectivity index (χ0v) is 12.7. The first-order chi connectivity index (χ1) is 9.55. The Morgan fingerprint density at radius 3 is 2.25 bits per heavy atom. The van der Waals surface area contributed by atoms with Gasteiger partial charge >= 0.3 is 0 Å². The molecular formula is C15H24N2O3. The number of nitrogens with one attached hydrogen (secondary N) is 1. The van der Waals surface area contributed by atoms with Gasteiger partial charge in [-0.05, 0) is 31.0 Å². The van der Waals surface area contributed by atoms with Crippen molar-refractivity contribution in [3.8, 4) is 11.5 Å². The molecule has 0 aliphatic rings. The lowest BCUT2D eigenvalue weighted by atomic mass is 9.92. The number of nitrogens with two attached hydrogens (primary N) is 1. The molecule has 0 fully saturated rings. The van der Waals surface area contributed by atoms with Crippen molar-refractivity contribution in [3.05, 3.63) is 23.8 Å². The van der Waals surface area contributed by atoms with E-state index in [1.807, 2.05) is 13.8 Å². The van der Waals surface area contributed by atoms with Gasteiger partial charge in [0, 0.05) is 12.1 Å². The van der Waals surface area contributed by atoms with Crippen LogP contribution in [0.15, 0.2) is 18.2 Å². The summed E-state index contributed by atoms with van der Waals surface area (Å²) in [4.78, 5) is 12.3. The molecule has 0 bridgehead atoms. The largest absolute Gasteiger partial charge is 0.493 e. The average molecular weight is 280 g/mol. The summed E-state index contributed by atoms with van der Waals surface area (Å²) >= 11 is 0. The monoisotopic (exact) mass is 280 g/mol. The Bertz CT molecular complexity index is 448. The van der Waals surface area contributed by atoms with E-state index in [0.717, 1.165) is 12.8 Å². The van der Waals surface area contributed by atoms with Gasteiger partial charge in [-0.25, -0.2) is 0 Å². The van der Waals surface area contributed by atoms with E-state index in [1.165, 1.54) is 0 Å². The zero-order chi connectivity index (χ0) is 15.2. The first kappa shape index (κ1) is 16.3. The molecule has 0 atom stereocenters. The van der Waals surface area contributed by atoms with Gasteiger partial charge in [-0.3, -0.25) is 4.79 Å². The number of methoxy groups -OCH3 is 2. The van der Waals surface area contributed by atoms with Crippen molar-refractivity contribution in [3.63, 3.8) is 0 Å². The standard InChI is InChI=1S/C15H24N2O3/c1-5-15(6-2,10-16)17-14(18)11-7-8-12(19-3)13(9-11)20-4/h7-9H,5-6,10,16H2,1-4H3,(H,17,18). The highest BCUT2D eigenvalue weighted by Gasteiger charge is 2.27. The van der Waals surface area contributed by atoms with Crippen LogP contribution in [-0.2, 0) is 0 Å². The second-order valence-corrected chi connectivity index (χ2v) is 4.72. The van der Waals surface area contributed by atoms with Crippen LogP contribution in [-0.4, -0.2) is 32.2 Å². The minimum atomic E-state index is -0.357. The predicted molar refractivity (Wildman–Crippen MR) is 79.4 cm³/mol. The fourth-order valence-corrected chi connectivity index (χ4v) is 2.06. The predicted octanol–water partition coefficient (Wildman–Crippen LogP) is 1.95. The molecule has 0 saturated carbocycles. The minimum absolute atomic E-state index is 0.153. The van der Waals surface area contributed by atoms with Crippen molar-refractivity contribution in [2.75, 3.05) is 20.8 Å². The van der Waals surface area contributed by atoms with Crippen molar-refractivity contribution in [1.29, 1.82) is 0 Å².